The number of carbonyl (C=O) groups excluding carboxylic acids is 2. The Morgan fingerprint density at radius 2 is 1.33 bits per heavy atom. The van der Waals surface area contributed by atoms with Crippen molar-refractivity contribution in [2.24, 2.45) is 5.92 Å². The highest BCUT2D eigenvalue weighted by atomic mass is 16.5. The second kappa shape index (κ2) is 9.94. The van der Waals surface area contributed by atoms with Gasteiger partial charge in [0, 0.05) is 24.0 Å². The molecule has 0 saturated carbocycles. The molecule has 1 atom stereocenters. The fourth-order valence-electron chi connectivity index (χ4n) is 6.29. The van der Waals surface area contributed by atoms with Gasteiger partial charge in [-0.05, 0) is 67.7 Å². The van der Waals surface area contributed by atoms with Crippen LogP contribution in [0, 0.1) is 5.92 Å². The SMILES string of the molecule is CCn1c2c(c3c(c1=O)/C(=C\c1ccc(/C=C4\C(=O)Oc5c4c(=O)n(CC)c4ccccc54)cc1)C(=O)O3)CC(C)C=C2. The highest BCUT2D eigenvalue weighted by Gasteiger charge is 2.36. The van der Waals surface area contributed by atoms with Crippen molar-refractivity contribution >= 4 is 52.2 Å². The highest BCUT2D eigenvalue weighted by molar-refractivity contribution is 6.28. The van der Waals surface area contributed by atoms with Crippen molar-refractivity contribution in [2.75, 3.05) is 0 Å². The Morgan fingerprint density at radius 1 is 0.767 bits per heavy atom. The lowest BCUT2D eigenvalue weighted by Gasteiger charge is -2.21. The standard InChI is InChI=1S/C35H28N2O6/c1-4-36-26-9-7-6-8-22(26)30-28(32(36)38)24(34(40)42-30)17-20-11-13-21(14-12-20)18-25-29-31(43-35(25)41)23-16-19(3)10-15-27(23)37(5-2)33(29)39/h6-15,17-19H,4-5,16H2,1-3H3/b24-17-,25-18+. The highest BCUT2D eigenvalue weighted by Crippen LogP contribution is 2.41. The summed E-state index contributed by atoms with van der Waals surface area (Å²) in [5.41, 5.74) is 4.18. The first-order valence-corrected chi connectivity index (χ1v) is 14.4. The van der Waals surface area contributed by atoms with Gasteiger partial charge in [0.1, 0.15) is 5.75 Å². The maximum Gasteiger partial charge on any atom is 0.344 e. The number of para-hydroxylation sites is 1. The molecule has 2 aliphatic heterocycles. The molecule has 4 aromatic rings. The van der Waals surface area contributed by atoms with E-state index in [9.17, 15) is 19.2 Å². The van der Waals surface area contributed by atoms with E-state index in [1.165, 1.54) is 0 Å². The number of fused-ring (bicyclic) bond motifs is 6. The fraction of sp³-hybridized carbons (Fsp3) is 0.200. The van der Waals surface area contributed by atoms with E-state index < -0.39 is 11.9 Å². The van der Waals surface area contributed by atoms with Crippen LogP contribution in [0.1, 0.15) is 54.3 Å². The molecule has 8 nitrogen and oxygen atoms in total. The van der Waals surface area contributed by atoms with Crippen LogP contribution >= 0.6 is 0 Å². The van der Waals surface area contributed by atoms with Gasteiger partial charge in [0.25, 0.3) is 11.1 Å². The van der Waals surface area contributed by atoms with Crippen LogP contribution in [0.4, 0.5) is 0 Å². The number of ether oxygens (including phenoxy) is 2. The van der Waals surface area contributed by atoms with Crippen LogP contribution in [0.15, 0.2) is 64.2 Å². The van der Waals surface area contributed by atoms with Crippen LogP contribution in [0.25, 0.3) is 40.3 Å². The lowest BCUT2D eigenvalue weighted by Crippen LogP contribution is -2.27. The minimum Gasteiger partial charge on any atom is -0.422 e. The second-order valence-electron chi connectivity index (χ2n) is 11.0. The summed E-state index contributed by atoms with van der Waals surface area (Å²) in [5, 5.41) is 0.704. The van der Waals surface area contributed by atoms with E-state index in [1.54, 1.807) is 45.6 Å². The summed E-state index contributed by atoms with van der Waals surface area (Å²) in [6, 6.07) is 14.5. The van der Waals surface area contributed by atoms with Crippen LogP contribution in [0.5, 0.6) is 11.5 Å². The minimum atomic E-state index is -0.581. The van der Waals surface area contributed by atoms with E-state index in [-0.39, 0.29) is 39.5 Å². The molecule has 0 amide bonds. The summed E-state index contributed by atoms with van der Waals surface area (Å²) in [4.78, 5) is 52.9. The van der Waals surface area contributed by atoms with Crippen molar-refractivity contribution < 1.29 is 19.1 Å². The third-order valence-corrected chi connectivity index (χ3v) is 8.35. The number of nitrogens with zero attached hydrogens (tertiary/aromatic N) is 2. The first kappa shape index (κ1) is 26.6. The number of hydrogen-bond donors (Lipinski definition) is 0. The van der Waals surface area contributed by atoms with E-state index in [2.05, 4.69) is 13.0 Å². The van der Waals surface area contributed by atoms with Gasteiger partial charge in [-0.2, -0.15) is 0 Å². The molecule has 0 fully saturated rings. The molecule has 0 radical (unpaired) electrons. The summed E-state index contributed by atoms with van der Waals surface area (Å²) in [7, 11) is 0. The number of carbonyl (C=O) groups is 2. The fourth-order valence-corrected chi connectivity index (χ4v) is 6.29. The number of pyridine rings is 2. The third-order valence-electron chi connectivity index (χ3n) is 8.35. The molecule has 7 rings (SSSR count). The summed E-state index contributed by atoms with van der Waals surface area (Å²) in [6.45, 7) is 6.81. The second-order valence-corrected chi connectivity index (χ2v) is 11.0. The average molecular weight is 573 g/mol. The topological polar surface area (TPSA) is 96.6 Å². The summed E-state index contributed by atoms with van der Waals surface area (Å²) in [6.07, 6.45) is 7.99. The normalized spacial score (nSPS) is 18.6. The number of hydrogen-bond acceptors (Lipinski definition) is 6. The van der Waals surface area contributed by atoms with E-state index in [0.29, 0.717) is 52.9 Å². The maximum absolute atomic E-state index is 13.5. The predicted octanol–water partition coefficient (Wildman–Crippen LogP) is 5.33. The lowest BCUT2D eigenvalue weighted by molar-refractivity contribution is -0.127. The molecule has 1 aliphatic carbocycles. The Balaban J connectivity index is 1.28. The van der Waals surface area contributed by atoms with Gasteiger partial charge in [-0.3, -0.25) is 9.59 Å². The Kier molecular flexibility index (Phi) is 6.16. The molecular weight excluding hydrogens is 544 g/mol. The van der Waals surface area contributed by atoms with E-state index >= 15 is 0 Å². The van der Waals surface area contributed by atoms with Crippen molar-refractivity contribution in [2.45, 2.75) is 40.3 Å². The molecule has 43 heavy (non-hydrogen) atoms. The van der Waals surface area contributed by atoms with Gasteiger partial charge >= 0.3 is 11.9 Å². The molecule has 0 spiro atoms. The van der Waals surface area contributed by atoms with Crippen molar-refractivity contribution in [3.8, 4) is 11.5 Å². The van der Waals surface area contributed by atoms with Crippen LogP contribution in [-0.4, -0.2) is 21.1 Å². The molecule has 8 heteroatoms. The van der Waals surface area contributed by atoms with Gasteiger partial charge in [0.15, 0.2) is 5.75 Å². The maximum atomic E-state index is 13.5. The monoisotopic (exact) mass is 572 g/mol. The quantitative estimate of drug-likeness (QED) is 0.242. The van der Waals surface area contributed by atoms with Crippen molar-refractivity contribution in [3.05, 3.63) is 109 Å². The molecule has 2 aromatic carbocycles. The Bertz CT molecular complexity index is 2110. The Labute approximate surface area is 246 Å². The van der Waals surface area contributed by atoms with Gasteiger partial charge in [-0.15, -0.1) is 0 Å². The number of benzene rings is 2. The molecule has 1 unspecified atom stereocenters. The Hall–Kier alpha value is -5.24. The van der Waals surface area contributed by atoms with Gasteiger partial charge < -0.3 is 18.6 Å². The number of esters is 2. The Morgan fingerprint density at radius 3 is 1.95 bits per heavy atom. The molecule has 214 valence electrons. The zero-order valence-electron chi connectivity index (χ0n) is 24.0. The van der Waals surface area contributed by atoms with Crippen LogP contribution in [-0.2, 0) is 29.1 Å². The van der Waals surface area contributed by atoms with Gasteiger partial charge in [0.2, 0.25) is 0 Å². The largest absolute Gasteiger partial charge is 0.422 e. The van der Waals surface area contributed by atoms with Crippen molar-refractivity contribution in [1.82, 2.24) is 9.13 Å². The van der Waals surface area contributed by atoms with Crippen LogP contribution in [0.2, 0.25) is 0 Å². The molecule has 2 aromatic heterocycles. The van der Waals surface area contributed by atoms with Gasteiger partial charge in [-0.1, -0.05) is 49.4 Å². The summed E-state index contributed by atoms with van der Waals surface area (Å²) >= 11 is 0. The van der Waals surface area contributed by atoms with Crippen LogP contribution in [0.3, 0.4) is 0 Å². The first-order valence-electron chi connectivity index (χ1n) is 14.4. The van der Waals surface area contributed by atoms with Crippen LogP contribution < -0.4 is 20.6 Å². The van der Waals surface area contributed by atoms with E-state index in [4.69, 9.17) is 9.47 Å². The molecular formula is C35H28N2O6. The average Bonchev–Trinajstić information content (AvgIpc) is 3.51. The third kappa shape index (κ3) is 4.05. The smallest absolute Gasteiger partial charge is 0.344 e. The van der Waals surface area contributed by atoms with Crippen molar-refractivity contribution in [1.29, 1.82) is 0 Å². The zero-order valence-corrected chi connectivity index (χ0v) is 24.0. The molecule has 4 heterocycles. The van der Waals surface area contributed by atoms with E-state index in [0.717, 1.165) is 11.3 Å². The number of rotatable bonds is 4. The molecule has 3 aliphatic rings. The molecule has 0 N–H and O–H groups in total. The van der Waals surface area contributed by atoms with E-state index in [1.807, 2.05) is 44.2 Å². The van der Waals surface area contributed by atoms with Gasteiger partial charge in [-0.25, -0.2) is 9.59 Å². The predicted molar refractivity (Wildman–Crippen MR) is 166 cm³/mol. The van der Waals surface area contributed by atoms with Crippen molar-refractivity contribution in [3.63, 3.8) is 0 Å². The zero-order chi connectivity index (χ0) is 30.0. The number of aryl methyl sites for hydroxylation is 1. The minimum absolute atomic E-state index is 0.195. The number of allylic oxidation sites excluding steroid dienone is 1. The summed E-state index contributed by atoms with van der Waals surface area (Å²) in [5.74, 6) is -0.225. The number of aromatic nitrogens is 2. The van der Waals surface area contributed by atoms with Gasteiger partial charge in [0.05, 0.1) is 33.5 Å². The summed E-state index contributed by atoms with van der Waals surface area (Å²) < 4.78 is 14.6. The lowest BCUT2D eigenvalue weighted by atomic mass is 9.90. The molecule has 0 bridgehead atoms. The first-order chi connectivity index (χ1) is 20.8. The molecule has 0 saturated heterocycles.